The lowest BCUT2D eigenvalue weighted by molar-refractivity contribution is 0.0666. The van der Waals surface area contributed by atoms with Crippen molar-refractivity contribution in [2.24, 2.45) is 13.0 Å². The second-order valence-corrected chi connectivity index (χ2v) is 8.50. The second kappa shape index (κ2) is 6.36. The SMILES string of the molecule is Cc1c(C(=O)N2CC[C@H]3[C@@H](C2)CC(C)(C)N3c2cccc(F)c2)cnn1C. The van der Waals surface area contributed by atoms with Gasteiger partial charge < -0.3 is 9.80 Å². The Kier molecular flexibility index (Phi) is 4.24. The number of carbonyl (C=O) groups is 1. The molecule has 144 valence electrons. The number of hydrogen-bond donors (Lipinski definition) is 0. The van der Waals surface area contributed by atoms with Crippen molar-refractivity contribution in [1.82, 2.24) is 14.7 Å². The molecule has 6 heteroatoms. The molecule has 1 aromatic carbocycles. The molecule has 4 rings (SSSR count). The van der Waals surface area contributed by atoms with Crippen molar-refractivity contribution < 1.29 is 9.18 Å². The van der Waals surface area contributed by atoms with Gasteiger partial charge in [-0.15, -0.1) is 0 Å². The van der Waals surface area contributed by atoms with Crippen LogP contribution in [0.25, 0.3) is 0 Å². The number of halogens is 1. The topological polar surface area (TPSA) is 41.4 Å². The zero-order valence-electron chi connectivity index (χ0n) is 16.4. The maximum Gasteiger partial charge on any atom is 0.257 e. The number of fused-ring (bicyclic) bond motifs is 1. The van der Waals surface area contributed by atoms with Crippen molar-refractivity contribution in [2.75, 3.05) is 18.0 Å². The summed E-state index contributed by atoms with van der Waals surface area (Å²) >= 11 is 0. The van der Waals surface area contributed by atoms with Crippen LogP contribution in [0.3, 0.4) is 0 Å². The summed E-state index contributed by atoms with van der Waals surface area (Å²) in [5, 5.41) is 4.21. The Morgan fingerprint density at radius 3 is 2.78 bits per heavy atom. The van der Waals surface area contributed by atoms with Crippen LogP contribution < -0.4 is 4.90 Å². The average Bonchev–Trinajstić information content (AvgIpc) is 3.08. The van der Waals surface area contributed by atoms with Crippen LogP contribution in [0.5, 0.6) is 0 Å². The van der Waals surface area contributed by atoms with E-state index < -0.39 is 0 Å². The molecular weight excluding hydrogens is 343 g/mol. The molecule has 3 heterocycles. The molecule has 0 bridgehead atoms. The zero-order chi connectivity index (χ0) is 19.3. The number of anilines is 1. The lowest BCUT2D eigenvalue weighted by atomic mass is 9.89. The van der Waals surface area contributed by atoms with E-state index >= 15 is 0 Å². The number of piperidine rings is 1. The fourth-order valence-electron chi connectivity index (χ4n) is 4.98. The largest absolute Gasteiger partial charge is 0.363 e. The minimum absolute atomic E-state index is 0.0631. The third kappa shape index (κ3) is 3.01. The summed E-state index contributed by atoms with van der Waals surface area (Å²) in [6.07, 6.45) is 3.56. The number of aryl methyl sites for hydroxylation is 1. The van der Waals surface area contributed by atoms with E-state index in [0.29, 0.717) is 17.5 Å². The number of hydrogen-bond acceptors (Lipinski definition) is 3. The van der Waals surface area contributed by atoms with Gasteiger partial charge in [-0.05, 0) is 57.7 Å². The van der Waals surface area contributed by atoms with Crippen molar-refractivity contribution in [1.29, 1.82) is 0 Å². The van der Waals surface area contributed by atoms with Gasteiger partial charge in [-0.3, -0.25) is 9.48 Å². The van der Waals surface area contributed by atoms with Crippen molar-refractivity contribution >= 4 is 11.6 Å². The normalized spacial score (nSPS) is 24.2. The van der Waals surface area contributed by atoms with Crippen LogP contribution in [0.15, 0.2) is 30.5 Å². The molecule has 0 saturated carbocycles. The number of nitrogens with zero attached hydrogens (tertiary/aromatic N) is 4. The first-order valence-electron chi connectivity index (χ1n) is 9.61. The fraction of sp³-hybridized carbons (Fsp3) is 0.524. The Bertz CT molecular complexity index is 875. The molecule has 0 unspecified atom stereocenters. The van der Waals surface area contributed by atoms with Gasteiger partial charge in [0.2, 0.25) is 0 Å². The summed E-state index contributed by atoms with van der Waals surface area (Å²) in [7, 11) is 1.86. The highest BCUT2D eigenvalue weighted by Crippen LogP contribution is 2.44. The Morgan fingerprint density at radius 2 is 2.11 bits per heavy atom. The van der Waals surface area contributed by atoms with Gasteiger partial charge in [-0.25, -0.2) is 4.39 Å². The van der Waals surface area contributed by atoms with E-state index in [1.807, 2.05) is 24.9 Å². The Morgan fingerprint density at radius 1 is 1.33 bits per heavy atom. The number of carbonyl (C=O) groups excluding carboxylic acids is 1. The van der Waals surface area contributed by atoms with Gasteiger partial charge in [-0.2, -0.15) is 5.10 Å². The van der Waals surface area contributed by atoms with Crippen molar-refractivity contribution in [3.8, 4) is 0 Å². The van der Waals surface area contributed by atoms with Crippen LogP contribution in [0.1, 0.15) is 42.7 Å². The maximum absolute atomic E-state index is 13.8. The van der Waals surface area contributed by atoms with Crippen molar-refractivity contribution in [3.63, 3.8) is 0 Å². The fourth-order valence-corrected chi connectivity index (χ4v) is 4.98. The van der Waals surface area contributed by atoms with Crippen LogP contribution in [-0.4, -0.2) is 45.3 Å². The Labute approximate surface area is 159 Å². The van der Waals surface area contributed by atoms with E-state index in [4.69, 9.17) is 0 Å². The molecule has 2 atom stereocenters. The summed E-state index contributed by atoms with van der Waals surface area (Å²) in [6.45, 7) is 7.82. The van der Waals surface area contributed by atoms with Crippen LogP contribution in [0, 0.1) is 18.7 Å². The summed E-state index contributed by atoms with van der Waals surface area (Å²) < 4.78 is 15.5. The number of likely N-dealkylation sites (tertiary alicyclic amines) is 1. The predicted octanol–water partition coefficient (Wildman–Crippen LogP) is 3.39. The van der Waals surface area contributed by atoms with E-state index in [-0.39, 0.29) is 17.3 Å². The summed E-state index contributed by atoms with van der Waals surface area (Å²) in [6, 6.07) is 7.21. The van der Waals surface area contributed by atoms with Gasteiger partial charge in [0.15, 0.2) is 0 Å². The van der Waals surface area contributed by atoms with Gasteiger partial charge in [0, 0.05) is 43.1 Å². The molecule has 2 aromatic rings. The third-order valence-corrected chi connectivity index (χ3v) is 6.28. The smallest absolute Gasteiger partial charge is 0.257 e. The summed E-state index contributed by atoms with van der Waals surface area (Å²) in [4.78, 5) is 17.3. The molecule has 1 amide bonds. The van der Waals surface area contributed by atoms with Crippen molar-refractivity contribution in [2.45, 2.75) is 45.2 Å². The first-order valence-corrected chi connectivity index (χ1v) is 9.61. The standard InChI is InChI=1S/C21H27FN4O/c1-14-18(12-23-24(14)4)20(27)25-9-8-19-15(13-25)11-21(2,3)26(19)17-7-5-6-16(22)10-17/h5-7,10,12,15,19H,8-9,11,13H2,1-4H3/t15-,19+/m1/s1. The first-order chi connectivity index (χ1) is 12.8. The zero-order valence-corrected chi connectivity index (χ0v) is 16.4. The summed E-state index contributed by atoms with van der Waals surface area (Å²) in [5.41, 5.74) is 2.47. The highest BCUT2D eigenvalue weighted by molar-refractivity contribution is 5.95. The van der Waals surface area contributed by atoms with Gasteiger partial charge >= 0.3 is 0 Å². The molecule has 5 nitrogen and oxygen atoms in total. The van der Waals surface area contributed by atoms with E-state index in [9.17, 15) is 9.18 Å². The van der Waals surface area contributed by atoms with Crippen LogP contribution in [0.4, 0.5) is 10.1 Å². The average molecular weight is 370 g/mol. The van der Waals surface area contributed by atoms with E-state index in [2.05, 4.69) is 23.8 Å². The molecule has 27 heavy (non-hydrogen) atoms. The number of rotatable bonds is 2. The number of benzene rings is 1. The minimum atomic E-state index is -0.202. The predicted molar refractivity (Wildman–Crippen MR) is 103 cm³/mol. The monoisotopic (exact) mass is 370 g/mol. The second-order valence-electron chi connectivity index (χ2n) is 8.50. The van der Waals surface area contributed by atoms with Crippen LogP contribution >= 0.6 is 0 Å². The summed E-state index contributed by atoms with van der Waals surface area (Å²) in [5.74, 6) is 0.255. The van der Waals surface area contributed by atoms with E-state index in [1.165, 1.54) is 6.07 Å². The third-order valence-electron chi connectivity index (χ3n) is 6.28. The molecule has 0 radical (unpaired) electrons. The highest BCUT2D eigenvalue weighted by atomic mass is 19.1. The quantitative estimate of drug-likeness (QED) is 0.814. The molecule has 0 spiro atoms. The minimum Gasteiger partial charge on any atom is -0.363 e. The van der Waals surface area contributed by atoms with Gasteiger partial charge in [0.25, 0.3) is 5.91 Å². The number of aromatic nitrogens is 2. The Hall–Kier alpha value is -2.37. The van der Waals surface area contributed by atoms with Crippen molar-refractivity contribution in [3.05, 3.63) is 47.5 Å². The first kappa shape index (κ1) is 18.0. The van der Waals surface area contributed by atoms with E-state index in [1.54, 1.807) is 23.0 Å². The molecule has 0 aliphatic carbocycles. The van der Waals surface area contributed by atoms with Crippen LogP contribution in [0.2, 0.25) is 0 Å². The molecule has 1 aromatic heterocycles. The molecule has 0 N–H and O–H groups in total. The van der Waals surface area contributed by atoms with Crippen LogP contribution in [-0.2, 0) is 7.05 Å². The lowest BCUT2D eigenvalue weighted by Gasteiger charge is -2.41. The molecular formula is C21H27FN4O. The molecule has 2 saturated heterocycles. The highest BCUT2D eigenvalue weighted by Gasteiger charge is 2.48. The molecule has 2 aliphatic rings. The van der Waals surface area contributed by atoms with Gasteiger partial charge in [0.05, 0.1) is 11.8 Å². The Balaban J connectivity index is 1.56. The molecule has 2 aliphatic heterocycles. The lowest BCUT2D eigenvalue weighted by Crippen LogP contribution is -2.50. The van der Waals surface area contributed by atoms with Gasteiger partial charge in [-0.1, -0.05) is 6.07 Å². The maximum atomic E-state index is 13.8. The van der Waals surface area contributed by atoms with Gasteiger partial charge in [0.1, 0.15) is 5.82 Å². The molecule has 2 fully saturated rings. The number of amides is 1. The van der Waals surface area contributed by atoms with E-state index in [0.717, 1.165) is 37.3 Å².